The zero-order valence-corrected chi connectivity index (χ0v) is 13.0. The number of fused-ring (bicyclic) bond motifs is 1. The molecule has 0 aromatic carbocycles. The van der Waals surface area contributed by atoms with Crippen LogP contribution in [0.3, 0.4) is 0 Å². The Labute approximate surface area is 130 Å². The van der Waals surface area contributed by atoms with E-state index in [0.29, 0.717) is 17.9 Å². The van der Waals surface area contributed by atoms with Gasteiger partial charge < -0.3 is 15.4 Å². The molecule has 0 amide bonds. The average molecular weight is 297 g/mol. The van der Waals surface area contributed by atoms with Gasteiger partial charge in [0, 0.05) is 29.5 Å². The van der Waals surface area contributed by atoms with Crippen LogP contribution in [0.4, 0.5) is 5.69 Å². The van der Waals surface area contributed by atoms with E-state index in [4.69, 9.17) is 0 Å². The van der Waals surface area contributed by atoms with E-state index in [-0.39, 0.29) is 5.60 Å². The van der Waals surface area contributed by atoms with E-state index in [1.807, 2.05) is 12.4 Å². The molecule has 4 saturated carbocycles. The van der Waals surface area contributed by atoms with Gasteiger partial charge >= 0.3 is 0 Å². The van der Waals surface area contributed by atoms with Crippen LogP contribution in [0.2, 0.25) is 0 Å². The van der Waals surface area contributed by atoms with E-state index < -0.39 is 0 Å². The molecule has 4 bridgehead atoms. The Balaban J connectivity index is 1.51. The largest absolute Gasteiger partial charge is 0.390 e. The molecule has 0 saturated heterocycles. The van der Waals surface area contributed by atoms with Crippen LogP contribution >= 0.6 is 0 Å². The summed E-state index contributed by atoms with van der Waals surface area (Å²) in [6, 6.07) is 2.62. The molecule has 4 aliphatic rings. The van der Waals surface area contributed by atoms with E-state index in [9.17, 15) is 5.11 Å². The highest BCUT2D eigenvalue weighted by Gasteiger charge is 2.54. The van der Waals surface area contributed by atoms with Crippen LogP contribution in [0.15, 0.2) is 18.5 Å². The Morgan fingerprint density at radius 2 is 2.05 bits per heavy atom. The number of anilines is 1. The van der Waals surface area contributed by atoms with E-state index in [0.717, 1.165) is 30.8 Å². The highest BCUT2D eigenvalue weighted by Crippen LogP contribution is 2.56. The van der Waals surface area contributed by atoms with Crippen molar-refractivity contribution in [1.82, 2.24) is 9.97 Å². The molecule has 0 aliphatic heterocycles. The predicted octanol–water partition coefficient (Wildman–Crippen LogP) is 3.22. The predicted molar refractivity (Wildman–Crippen MR) is 86.7 cm³/mol. The highest BCUT2D eigenvalue weighted by atomic mass is 16.3. The van der Waals surface area contributed by atoms with Gasteiger partial charge in [-0.2, -0.15) is 0 Å². The average Bonchev–Trinajstić information content (AvgIpc) is 2.91. The first kappa shape index (κ1) is 12.9. The fourth-order valence-electron chi connectivity index (χ4n) is 5.68. The third-order valence-electron chi connectivity index (χ3n) is 6.33. The summed E-state index contributed by atoms with van der Waals surface area (Å²) >= 11 is 0. The van der Waals surface area contributed by atoms with E-state index in [2.05, 4.69) is 28.3 Å². The number of rotatable bonds is 2. The topological polar surface area (TPSA) is 60.9 Å². The molecule has 4 fully saturated rings. The SMILES string of the molecule is Cc1cnc2[nH]ccc2c1NC1C2CC3CC1CC(O)(C3)C2. The second-order valence-electron chi connectivity index (χ2n) is 7.92. The molecular formula is C18H23N3O. The standard InChI is InChI=1S/C18H23N3O/c1-10-9-20-17-14(2-3-19-17)15(10)21-16-12-4-11-5-13(16)8-18(22,6-11)7-12/h2-3,9,11-13,16,22H,4-8H2,1H3,(H2,19,20,21). The Bertz CT molecular complexity index is 721. The van der Waals surface area contributed by atoms with E-state index >= 15 is 0 Å². The van der Waals surface area contributed by atoms with Crippen molar-refractivity contribution in [2.75, 3.05) is 5.32 Å². The molecule has 4 aliphatic carbocycles. The summed E-state index contributed by atoms with van der Waals surface area (Å²) < 4.78 is 0. The van der Waals surface area contributed by atoms with Crippen LogP contribution in [0.25, 0.3) is 11.0 Å². The lowest BCUT2D eigenvalue weighted by atomic mass is 9.52. The normalized spacial score (nSPS) is 39.5. The second kappa shape index (κ2) is 4.25. The first-order valence-electron chi connectivity index (χ1n) is 8.53. The summed E-state index contributed by atoms with van der Waals surface area (Å²) in [6.07, 6.45) is 9.50. The minimum absolute atomic E-state index is 0.356. The van der Waals surface area contributed by atoms with Crippen molar-refractivity contribution in [2.45, 2.75) is 50.7 Å². The van der Waals surface area contributed by atoms with Gasteiger partial charge in [0.1, 0.15) is 5.65 Å². The second-order valence-corrected chi connectivity index (χ2v) is 7.92. The summed E-state index contributed by atoms with van der Waals surface area (Å²) in [5, 5.41) is 15.8. The molecule has 4 heteroatoms. The molecule has 6 rings (SSSR count). The number of aromatic amines is 1. The summed E-state index contributed by atoms with van der Waals surface area (Å²) in [5.41, 5.74) is 3.04. The number of nitrogens with one attached hydrogen (secondary N) is 2. The van der Waals surface area contributed by atoms with Crippen molar-refractivity contribution in [1.29, 1.82) is 0 Å². The van der Waals surface area contributed by atoms with Crippen LogP contribution in [0.5, 0.6) is 0 Å². The fraction of sp³-hybridized carbons (Fsp3) is 0.611. The van der Waals surface area contributed by atoms with Crippen molar-refractivity contribution in [3.05, 3.63) is 24.0 Å². The van der Waals surface area contributed by atoms with Crippen molar-refractivity contribution < 1.29 is 5.11 Å². The molecule has 2 atom stereocenters. The number of aromatic nitrogens is 2. The smallest absolute Gasteiger partial charge is 0.139 e. The molecule has 116 valence electrons. The molecule has 4 nitrogen and oxygen atoms in total. The van der Waals surface area contributed by atoms with Crippen molar-refractivity contribution in [3.63, 3.8) is 0 Å². The zero-order chi connectivity index (χ0) is 14.9. The lowest BCUT2D eigenvalue weighted by Gasteiger charge is -2.58. The van der Waals surface area contributed by atoms with Crippen LogP contribution < -0.4 is 5.32 Å². The summed E-state index contributed by atoms with van der Waals surface area (Å²) in [6.45, 7) is 2.13. The van der Waals surface area contributed by atoms with E-state index in [1.165, 1.54) is 29.5 Å². The van der Waals surface area contributed by atoms with Crippen LogP contribution in [-0.4, -0.2) is 26.7 Å². The first-order chi connectivity index (χ1) is 10.6. The number of hydrogen-bond donors (Lipinski definition) is 3. The van der Waals surface area contributed by atoms with Gasteiger partial charge in [0.05, 0.1) is 5.60 Å². The quantitative estimate of drug-likeness (QED) is 0.797. The van der Waals surface area contributed by atoms with Gasteiger partial charge in [0.15, 0.2) is 0 Å². The Morgan fingerprint density at radius 1 is 1.27 bits per heavy atom. The van der Waals surface area contributed by atoms with E-state index in [1.54, 1.807) is 0 Å². The third kappa shape index (κ3) is 1.76. The molecule has 2 aromatic heterocycles. The van der Waals surface area contributed by atoms with Gasteiger partial charge in [-0.15, -0.1) is 0 Å². The third-order valence-corrected chi connectivity index (χ3v) is 6.33. The summed E-state index contributed by atoms with van der Waals surface area (Å²) in [4.78, 5) is 7.67. The van der Waals surface area contributed by atoms with Gasteiger partial charge in [-0.05, 0) is 68.4 Å². The molecule has 0 radical (unpaired) electrons. The lowest BCUT2D eigenvalue weighted by molar-refractivity contribution is -0.129. The maximum atomic E-state index is 10.7. The maximum Gasteiger partial charge on any atom is 0.139 e. The van der Waals surface area contributed by atoms with Crippen LogP contribution in [-0.2, 0) is 0 Å². The van der Waals surface area contributed by atoms with Crippen LogP contribution in [0.1, 0.15) is 37.7 Å². The molecule has 2 heterocycles. The van der Waals surface area contributed by atoms with Crippen molar-refractivity contribution in [3.8, 4) is 0 Å². The molecule has 0 spiro atoms. The molecule has 3 N–H and O–H groups in total. The Hall–Kier alpha value is -1.55. The lowest BCUT2D eigenvalue weighted by Crippen LogP contribution is -2.59. The zero-order valence-electron chi connectivity index (χ0n) is 13.0. The molecule has 22 heavy (non-hydrogen) atoms. The van der Waals surface area contributed by atoms with Gasteiger partial charge in [0.2, 0.25) is 0 Å². The molecular weight excluding hydrogens is 274 g/mol. The summed E-state index contributed by atoms with van der Waals surface area (Å²) in [7, 11) is 0. The van der Waals surface area contributed by atoms with Gasteiger partial charge in [0.25, 0.3) is 0 Å². The fourth-order valence-corrected chi connectivity index (χ4v) is 5.68. The van der Waals surface area contributed by atoms with Gasteiger partial charge in [-0.1, -0.05) is 0 Å². The van der Waals surface area contributed by atoms with Crippen LogP contribution in [0, 0.1) is 24.7 Å². The Kier molecular flexibility index (Phi) is 2.50. The van der Waals surface area contributed by atoms with Gasteiger partial charge in [-0.25, -0.2) is 4.98 Å². The number of pyridine rings is 1. The molecule has 2 unspecified atom stereocenters. The van der Waals surface area contributed by atoms with Gasteiger partial charge in [-0.3, -0.25) is 0 Å². The maximum absolute atomic E-state index is 10.7. The van der Waals surface area contributed by atoms with Crippen molar-refractivity contribution >= 4 is 16.7 Å². The number of H-pyrrole nitrogens is 1. The summed E-state index contributed by atoms with van der Waals surface area (Å²) in [5.74, 6) is 2.00. The highest BCUT2D eigenvalue weighted by molar-refractivity contribution is 5.91. The number of aliphatic hydroxyl groups is 1. The Morgan fingerprint density at radius 3 is 2.77 bits per heavy atom. The first-order valence-corrected chi connectivity index (χ1v) is 8.53. The number of aryl methyl sites for hydroxylation is 1. The molecule has 2 aromatic rings. The monoisotopic (exact) mass is 297 g/mol. The number of nitrogens with zero attached hydrogens (tertiary/aromatic N) is 1. The minimum atomic E-state index is -0.356. The minimum Gasteiger partial charge on any atom is -0.390 e. The number of hydrogen-bond acceptors (Lipinski definition) is 3. The van der Waals surface area contributed by atoms with Crippen molar-refractivity contribution in [2.24, 2.45) is 17.8 Å².